The van der Waals surface area contributed by atoms with Crippen LogP contribution < -0.4 is 0 Å². The zero-order valence-corrected chi connectivity index (χ0v) is 15.8. The molecule has 4 nitrogen and oxygen atoms in total. The summed E-state index contributed by atoms with van der Waals surface area (Å²) in [6, 6.07) is 9.74. The summed E-state index contributed by atoms with van der Waals surface area (Å²) >= 11 is 0. The van der Waals surface area contributed by atoms with Gasteiger partial charge in [-0.3, -0.25) is 4.98 Å². The number of carboxylic acid groups (broad SMARTS) is 1. The van der Waals surface area contributed by atoms with Gasteiger partial charge in [-0.2, -0.15) is 0 Å². The molecule has 0 radical (unpaired) electrons. The molecule has 1 aromatic carbocycles. The molecule has 2 N–H and O–H groups in total. The number of aromatic nitrogens is 1. The highest BCUT2D eigenvalue weighted by molar-refractivity contribution is 5.85. The highest BCUT2D eigenvalue weighted by atomic mass is 16.4. The van der Waals surface area contributed by atoms with E-state index in [0.717, 1.165) is 40.5 Å². The van der Waals surface area contributed by atoms with E-state index in [4.69, 9.17) is 5.11 Å². The third kappa shape index (κ3) is 3.01. The lowest BCUT2D eigenvalue weighted by Crippen LogP contribution is -2.48. The summed E-state index contributed by atoms with van der Waals surface area (Å²) in [6.45, 7) is 0. The van der Waals surface area contributed by atoms with Crippen LogP contribution in [0.4, 0.5) is 0 Å². The highest BCUT2D eigenvalue weighted by Crippen LogP contribution is 2.62. The Morgan fingerprint density at radius 1 is 1.00 bits per heavy atom. The molecule has 6 rings (SSSR count). The Balaban J connectivity index is 1.48. The van der Waals surface area contributed by atoms with E-state index >= 15 is 0 Å². The van der Waals surface area contributed by atoms with Gasteiger partial charge in [0.25, 0.3) is 0 Å². The molecular formula is C24H25NO3. The average molecular weight is 375 g/mol. The monoisotopic (exact) mass is 375 g/mol. The van der Waals surface area contributed by atoms with Crippen molar-refractivity contribution in [2.24, 2.45) is 17.8 Å². The quantitative estimate of drug-likeness (QED) is 0.736. The number of hydrogen-bond acceptors (Lipinski definition) is 3. The number of phenolic OH excluding ortho intramolecular Hbond substituents is 1. The van der Waals surface area contributed by atoms with Crippen LogP contribution in [-0.4, -0.2) is 21.2 Å². The topological polar surface area (TPSA) is 70.4 Å². The summed E-state index contributed by atoms with van der Waals surface area (Å²) in [4.78, 5) is 15.0. The maximum absolute atomic E-state index is 10.7. The molecule has 28 heavy (non-hydrogen) atoms. The van der Waals surface area contributed by atoms with Gasteiger partial charge >= 0.3 is 5.97 Å². The first-order valence-corrected chi connectivity index (χ1v) is 10.2. The number of rotatable bonds is 4. The van der Waals surface area contributed by atoms with Crippen LogP contribution in [0.5, 0.6) is 5.75 Å². The summed E-state index contributed by atoms with van der Waals surface area (Å²) in [5.41, 5.74) is 3.93. The minimum absolute atomic E-state index is 0.145. The van der Waals surface area contributed by atoms with E-state index in [1.54, 1.807) is 6.20 Å². The number of pyridine rings is 1. The highest BCUT2D eigenvalue weighted by Gasteiger charge is 2.52. The molecule has 4 fully saturated rings. The third-order valence-electron chi connectivity index (χ3n) is 7.12. The van der Waals surface area contributed by atoms with E-state index in [9.17, 15) is 9.90 Å². The Labute approximate surface area is 164 Å². The Morgan fingerprint density at radius 2 is 1.64 bits per heavy atom. The molecular weight excluding hydrogens is 350 g/mol. The largest absolute Gasteiger partial charge is 0.508 e. The van der Waals surface area contributed by atoms with Crippen LogP contribution in [0.15, 0.2) is 42.6 Å². The second-order valence-electron chi connectivity index (χ2n) is 9.07. The SMILES string of the molecule is O=C(O)/C=C/c1ccc(-c2ccc(O)c(C34CC5CC(CC(C5)C3)C4)c2)cn1. The first-order valence-electron chi connectivity index (χ1n) is 10.2. The fourth-order valence-electron chi connectivity index (χ4n) is 6.41. The molecule has 0 saturated heterocycles. The van der Waals surface area contributed by atoms with E-state index in [0.29, 0.717) is 11.4 Å². The number of aliphatic carboxylic acids is 1. The Morgan fingerprint density at radius 3 is 2.21 bits per heavy atom. The van der Waals surface area contributed by atoms with Gasteiger partial charge in [0.05, 0.1) is 5.69 Å². The molecule has 0 amide bonds. The van der Waals surface area contributed by atoms with Gasteiger partial charge in [-0.1, -0.05) is 12.1 Å². The van der Waals surface area contributed by atoms with E-state index < -0.39 is 5.97 Å². The average Bonchev–Trinajstić information content (AvgIpc) is 2.66. The Bertz CT molecular complexity index is 910. The van der Waals surface area contributed by atoms with Crippen LogP contribution in [0.1, 0.15) is 49.8 Å². The molecule has 0 atom stereocenters. The van der Waals surface area contributed by atoms with Crippen molar-refractivity contribution < 1.29 is 15.0 Å². The standard InChI is InChI=1S/C24H25NO3/c26-22-5-2-18(19-1-3-20(25-14-19)4-6-23(27)28)10-21(22)24-11-15-7-16(12-24)9-17(8-15)13-24/h1-6,10,14-17,26H,7-9,11-13H2,(H,27,28)/b6-4+. The molecule has 1 heterocycles. The van der Waals surface area contributed by atoms with Gasteiger partial charge < -0.3 is 10.2 Å². The van der Waals surface area contributed by atoms with Gasteiger partial charge in [0.15, 0.2) is 0 Å². The van der Waals surface area contributed by atoms with Gasteiger partial charge in [-0.05, 0) is 91.5 Å². The van der Waals surface area contributed by atoms with Crippen molar-refractivity contribution in [1.29, 1.82) is 0 Å². The van der Waals surface area contributed by atoms with Crippen molar-refractivity contribution in [3.05, 3.63) is 53.9 Å². The zero-order chi connectivity index (χ0) is 19.3. The number of nitrogens with zero attached hydrogens (tertiary/aromatic N) is 1. The van der Waals surface area contributed by atoms with Crippen molar-refractivity contribution >= 4 is 12.0 Å². The lowest BCUT2D eigenvalue weighted by molar-refractivity contribution is -0.131. The summed E-state index contributed by atoms with van der Waals surface area (Å²) in [5, 5.41) is 19.5. The number of carboxylic acids is 1. The molecule has 4 aliphatic carbocycles. The molecule has 0 spiro atoms. The summed E-state index contributed by atoms with van der Waals surface area (Å²) in [7, 11) is 0. The number of carbonyl (C=O) groups is 1. The molecule has 4 saturated carbocycles. The number of aromatic hydroxyl groups is 1. The van der Waals surface area contributed by atoms with Crippen LogP contribution in [0, 0.1) is 17.8 Å². The predicted octanol–water partition coefficient (Wildman–Crippen LogP) is 5.02. The molecule has 144 valence electrons. The van der Waals surface area contributed by atoms with E-state index in [-0.39, 0.29) is 5.41 Å². The van der Waals surface area contributed by atoms with Crippen molar-refractivity contribution in [2.45, 2.75) is 43.9 Å². The molecule has 1 aromatic heterocycles. The number of hydrogen-bond donors (Lipinski definition) is 2. The maximum Gasteiger partial charge on any atom is 0.328 e. The van der Waals surface area contributed by atoms with Crippen LogP contribution in [-0.2, 0) is 10.2 Å². The smallest absolute Gasteiger partial charge is 0.328 e. The van der Waals surface area contributed by atoms with Gasteiger partial charge in [0, 0.05) is 23.4 Å². The fraction of sp³-hybridized carbons (Fsp3) is 0.417. The van der Waals surface area contributed by atoms with Gasteiger partial charge in [0.1, 0.15) is 5.75 Å². The minimum atomic E-state index is -0.982. The predicted molar refractivity (Wildman–Crippen MR) is 108 cm³/mol. The van der Waals surface area contributed by atoms with Gasteiger partial charge in [-0.15, -0.1) is 0 Å². The van der Waals surface area contributed by atoms with Gasteiger partial charge in [-0.25, -0.2) is 4.79 Å². The Hall–Kier alpha value is -2.62. The van der Waals surface area contributed by atoms with Crippen molar-refractivity contribution in [3.8, 4) is 16.9 Å². The third-order valence-corrected chi connectivity index (χ3v) is 7.12. The van der Waals surface area contributed by atoms with Crippen molar-refractivity contribution in [3.63, 3.8) is 0 Å². The van der Waals surface area contributed by atoms with Gasteiger partial charge in [0.2, 0.25) is 0 Å². The van der Waals surface area contributed by atoms with Crippen molar-refractivity contribution in [2.75, 3.05) is 0 Å². The zero-order valence-electron chi connectivity index (χ0n) is 15.8. The van der Waals surface area contributed by atoms with Crippen LogP contribution in [0.25, 0.3) is 17.2 Å². The molecule has 0 aliphatic heterocycles. The van der Waals surface area contributed by atoms with Crippen molar-refractivity contribution in [1.82, 2.24) is 4.98 Å². The molecule has 4 aliphatic rings. The maximum atomic E-state index is 10.7. The van der Waals surface area contributed by atoms with E-state index in [1.165, 1.54) is 44.6 Å². The second kappa shape index (κ2) is 6.47. The lowest BCUT2D eigenvalue weighted by Gasteiger charge is -2.57. The normalized spacial score (nSPS) is 30.8. The van der Waals surface area contributed by atoms with Crippen LogP contribution >= 0.6 is 0 Å². The molecule has 2 aromatic rings. The van der Waals surface area contributed by atoms with Crippen LogP contribution in [0.2, 0.25) is 0 Å². The second-order valence-corrected chi connectivity index (χ2v) is 9.07. The van der Waals surface area contributed by atoms with Crippen LogP contribution in [0.3, 0.4) is 0 Å². The number of phenols is 1. The summed E-state index contributed by atoms with van der Waals surface area (Å²) < 4.78 is 0. The number of benzene rings is 1. The fourth-order valence-corrected chi connectivity index (χ4v) is 6.41. The molecule has 4 bridgehead atoms. The first kappa shape index (κ1) is 17.5. The first-order chi connectivity index (χ1) is 13.5. The molecule has 0 unspecified atom stereocenters. The molecule has 4 heteroatoms. The van der Waals surface area contributed by atoms with E-state index in [1.807, 2.05) is 24.3 Å². The van der Waals surface area contributed by atoms with E-state index in [2.05, 4.69) is 11.1 Å². The minimum Gasteiger partial charge on any atom is -0.508 e. The summed E-state index contributed by atoms with van der Waals surface area (Å²) in [6.07, 6.45) is 12.2. The summed E-state index contributed by atoms with van der Waals surface area (Å²) in [5.74, 6) is 1.94. The lowest BCUT2D eigenvalue weighted by atomic mass is 9.48. The Kier molecular flexibility index (Phi) is 4.04.